The van der Waals surface area contributed by atoms with Gasteiger partial charge in [-0.3, -0.25) is 4.79 Å². The van der Waals surface area contributed by atoms with E-state index in [1.165, 1.54) is 31.2 Å². The van der Waals surface area contributed by atoms with Crippen molar-refractivity contribution in [2.24, 2.45) is 5.92 Å². The van der Waals surface area contributed by atoms with Gasteiger partial charge in [-0.15, -0.1) is 0 Å². The van der Waals surface area contributed by atoms with Gasteiger partial charge in [0.15, 0.2) is 21.4 Å². The number of benzene rings is 2. The van der Waals surface area contributed by atoms with Crippen molar-refractivity contribution < 1.29 is 36.2 Å². The Bertz CT molecular complexity index is 1140. The van der Waals surface area contributed by atoms with Gasteiger partial charge in [-0.1, -0.05) is 11.6 Å². The van der Waals surface area contributed by atoms with Gasteiger partial charge in [0.1, 0.15) is 10.6 Å². The molecule has 2 heterocycles. The molecule has 0 bridgehead atoms. The topological polar surface area (TPSA) is 78.9 Å². The molecule has 10 heteroatoms. The van der Waals surface area contributed by atoms with E-state index < -0.39 is 50.0 Å². The molecule has 1 fully saturated rings. The number of fused-ring (bicyclic) bond motifs is 3. The third-order valence-electron chi connectivity index (χ3n) is 6.05. The summed E-state index contributed by atoms with van der Waals surface area (Å²) in [5.41, 5.74) is -0.329. The van der Waals surface area contributed by atoms with Crippen molar-refractivity contribution in [1.29, 1.82) is 0 Å². The number of ether oxygens (including phenoxy) is 3. The second kappa shape index (κ2) is 8.61. The zero-order valence-corrected chi connectivity index (χ0v) is 18.7. The Morgan fingerprint density at radius 2 is 1.88 bits per heavy atom. The highest BCUT2D eigenvalue weighted by Gasteiger charge is 2.61. The molecule has 6 nitrogen and oxygen atoms in total. The van der Waals surface area contributed by atoms with Crippen LogP contribution in [0.1, 0.15) is 25.3 Å². The minimum Gasteiger partial charge on any atom is -0.490 e. The van der Waals surface area contributed by atoms with Crippen LogP contribution in [0.3, 0.4) is 0 Å². The molecular formula is C22H21ClF2O6S. The number of halogens is 3. The van der Waals surface area contributed by atoms with E-state index in [2.05, 4.69) is 0 Å². The van der Waals surface area contributed by atoms with Crippen LogP contribution in [0.15, 0.2) is 41.3 Å². The maximum Gasteiger partial charge on any atom is 0.302 e. The summed E-state index contributed by atoms with van der Waals surface area (Å²) in [5.74, 6) is -3.47. The summed E-state index contributed by atoms with van der Waals surface area (Å²) in [5, 5.41) is 0.342. The van der Waals surface area contributed by atoms with Gasteiger partial charge < -0.3 is 14.2 Å². The lowest BCUT2D eigenvalue weighted by Crippen LogP contribution is -2.57. The van der Waals surface area contributed by atoms with Crippen LogP contribution in [0.4, 0.5) is 8.78 Å². The molecule has 0 saturated carbocycles. The van der Waals surface area contributed by atoms with Gasteiger partial charge in [-0.2, -0.15) is 0 Å². The normalized spacial score (nSPS) is 24.8. The van der Waals surface area contributed by atoms with Gasteiger partial charge in [0, 0.05) is 30.9 Å². The highest BCUT2D eigenvalue weighted by molar-refractivity contribution is 7.92. The lowest BCUT2D eigenvalue weighted by Gasteiger charge is -2.50. The molecule has 2 aromatic carbocycles. The fourth-order valence-corrected chi connectivity index (χ4v) is 7.12. The molecule has 0 aromatic heterocycles. The predicted octanol–water partition coefficient (Wildman–Crippen LogP) is 4.04. The molecular weight excluding hydrogens is 466 g/mol. The van der Waals surface area contributed by atoms with Gasteiger partial charge in [0.25, 0.3) is 0 Å². The molecule has 0 unspecified atom stereocenters. The number of hydrogen-bond acceptors (Lipinski definition) is 6. The van der Waals surface area contributed by atoms with E-state index in [0.717, 1.165) is 12.1 Å². The van der Waals surface area contributed by atoms with Gasteiger partial charge in [-0.05, 0) is 42.8 Å². The Morgan fingerprint density at radius 3 is 2.56 bits per heavy atom. The van der Waals surface area contributed by atoms with Crippen LogP contribution in [-0.2, 0) is 28.9 Å². The van der Waals surface area contributed by atoms with Gasteiger partial charge >= 0.3 is 5.97 Å². The molecule has 32 heavy (non-hydrogen) atoms. The summed E-state index contributed by atoms with van der Waals surface area (Å²) >= 11 is 5.93. The number of rotatable bonds is 5. The van der Waals surface area contributed by atoms with Crippen LogP contribution in [0.5, 0.6) is 5.75 Å². The van der Waals surface area contributed by atoms with Crippen LogP contribution < -0.4 is 4.74 Å². The second-order valence-corrected chi connectivity index (χ2v) is 10.4. The molecule has 2 aromatic rings. The first kappa shape index (κ1) is 22.9. The molecule has 172 valence electrons. The van der Waals surface area contributed by atoms with Crippen molar-refractivity contribution in [2.75, 3.05) is 19.8 Å². The van der Waals surface area contributed by atoms with E-state index in [4.69, 9.17) is 25.8 Å². The summed E-state index contributed by atoms with van der Waals surface area (Å²) in [6.45, 7) is 1.04. The minimum absolute atomic E-state index is 0.00787. The summed E-state index contributed by atoms with van der Waals surface area (Å²) < 4.78 is 72.5. The summed E-state index contributed by atoms with van der Waals surface area (Å²) in [6.07, 6.45) is -0.637. The maximum absolute atomic E-state index is 15.2. The maximum atomic E-state index is 15.2. The lowest BCUT2D eigenvalue weighted by molar-refractivity contribution is -0.143. The Labute approximate surface area is 189 Å². The zero-order valence-electron chi connectivity index (χ0n) is 17.1. The number of carbonyl (C=O) groups is 1. The first-order chi connectivity index (χ1) is 15.2. The molecule has 2 aliphatic heterocycles. The lowest BCUT2D eigenvalue weighted by atomic mass is 9.75. The molecule has 0 radical (unpaired) electrons. The zero-order chi connectivity index (χ0) is 23.1. The van der Waals surface area contributed by atoms with Crippen molar-refractivity contribution in [1.82, 2.24) is 0 Å². The predicted molar refractivity (Wildman–Crippen MR) is 111 cm³/mol. The van der Waals surface area contributed by atoms with Gasteiger partial charge in [0.05, 0.1) is 29.8 Å². The molecule has 3 atom stereocenters. The van der Waals surface area contributed by atoms with Crippen LogP contribution in [0.2, 0.25) is 5.02 Å². The fourth-order valence-electron chi connectivity index (χ4n) is 4.65. The first-order valence-corrected chi connectivity index (χ1v) is 11.9. The quantitative estimate of drug-likeness (QED) is 0.593. The first-order valence-electron chi connectivity index (χ1n) is 10.0. The standard InChI is InChI=1S/C22H21ClF2O6S/c1-13(26)29-10-8-19-16-12-31-21-18(25)7-6-17(24)20(21)22(16,9-11-30-19)32(27,28)15-4-2-14(23)3-5-15/h2-7,16,19H,8-12H2,1H3/t16-,19-,22-/m0/s1. The highest BCUT2D eigenvalue weighted by Crippen LogP contribution is 2.55. The SMILES string of the molecule is CC(=O)OCC[C@@H]1OCC[C@@]2(S(=O)(=O)c3ccc(Cl)cc3)c3c(F)ccc(F)c3OC[C@@H]12. The van der Waals surface area contributed by atoms with Crippen LogP contribution in [-0.4, -0.2) is 40.3 Å². The number of esters is 1. The monoisotopic (exact) mass is 486 g/mol. The number of carbonyl (C=O) groups excluding carboxylic acids is 1. The minimum atomic E-state index is -4.26. The van der Waals surface area contributed by atoms with Crippen LogP contribution in [0, 0.1) is 17.6 Å². The molecule has 4 rings (SSSR count). The van der Waals surface area contributed by atoms with Gasteiger partial charge in [0.2, 0.25) is 0 Å². The molecule has 1 saturated heterocycles. The Kier molecular flexibility index (Phi) is 6.17. The summed E-state index contributed by atoms with van der Waals surface area (Å²) in [4.78, 5) is 11.1. The fraction of sp³-hybridized carbons (Fsp3) is 0.409. The third-order valence-corrected chi connectivity index (χ3v) is 8.87. The Balaban J connectivity index is 1.90. The molecule has 2 aliphatic rings. The third kappa shape index (κ3) is 3.66. The average molecular weight is 487 g/mol. The molecule has 0 amide bonds. The number of hydrogen-bond donors (Lipinski definition) is 0. The van der Waals surface area contributed by atoms with Crippen LogP contribution in [0.25, 0.3) is 0 Å². The van der Waals surface area contributed by atoms with Crippen molar-refractivity contribution in [3.8, 4) is 5.75 Å². The van der Waals surface area contributed by atoms with Crippen molar-refractivity contribution >= 4 is 27.4 Å². The van der Waals surface area contributed by atoms with Crippen LogP contribution >= 0.6 is 11.6 Å². The molecule has 0 spiro atoms. The van der Waals surface area contributed by atoms with E-state index in [9.17, 15) is 17.6 Å². The molecule has 0 aliphatic carbocycles. The Morgan fingerprint density at radius 1 is 1.19 bits per heavy atom. The van der Waals surface area contributed by atoms with E-state index in [-0.39, 0.29) is 43.1 Å². The number of sulfone groups is 1. The Hall–Kier alpha value is -2.23. The average Bonchev–Trinajstić information content (AvgIpc) is 2.75. The van der Waals surface area contributed by atoms with Crippen molar-refractivity contribution in [3.63, 3.8) is 0 Å². The smallest absolute Gasteiger partial charge is 0.302 e. The summed E-state index contributed by atoms with van der Waals surface area (Å²) in [6, 6.07) is 7.37. The summed E-state index contributed by atoms with van der Waals surface area (Å²) in [7, 11) is -4.26. The van der Waals surface area contributed by atoms with E-state index >= 15 is 4.39 Å². The van der Waals surface area contributed by atoms with Gasteiger partial charge in [-0.25, -0.2) is 17.2 Å². The van der Waals surface area contributed by atoms with Crippen molar-refractivity contribution in [2.45, 2.75) is 35.5 Å². The van der Waals surface area contributed by atoms with E-state index in [1.54, 1.807) is 0 Å². The highest BCUT2D eigenvalue weighted by atomic mass is 35.5. The largest absolute Gasteiger partial charge is 0.490 e. The van der Waals surface area contributed by atoms with E-state index in [0.29, 0.717) is 5.02 Å². The second-order valence-electron chi connectivity index (χ2n) is 7.79. The van der Waals surface area contributed by atoms with Crippen molar-refractivity contribution in [3.05, 3.63) is 58.6 Å². The van der Waals surface area contributed by atoms with E-state index in [1.807, 2.05) is 0 Å². The molecule has 0 N–H and O–H groups in total.